The number of anilines is 1. The fourth-order valence-electron chi connectivity index (χ4n) is 1.42. The topological polar surface area (TPSA) is 72.3 Å². The zero-order valence-electron chi connectivity index (χ0n) is 8.51. The Morgan fingerprint density at radius 1 is 1.25 bits per heavy atom. The predicted octanol–water partition coefficient (Wildman–Crippen LogP) is 1.88. The highest BCUT2D eigenvalue weighted by molar-refractivity contribution is 5.56. The summed E-state index contributed by atoms with van der Waals surface area (Å²) in [5.74, 6) is -0.552. The number of aryl methyl sites for hydroxylation is 1. The van der Waals surface area contributed by atoms with Gasteiger partial charge in [-0.15, -0.1) is 0 Å². The highest BCUT2D eigenvalue weighted by atomic mass is 19.4. The maximum atomic E-state index is 12.6. The van der Waals surface area contributed by atoms with Gasteiger partial charge in [-0.1, -0.05) is 0 Å². The summed E-state index contributed by atoms with van der Waals surface area (Å²) in [6, 6.07) is 1.80. The molecule has 5 N–H and O–H groups in total. The number of rotatable bonds is 3. The number of hydrogen-bond acceptors (Lipinski definition) is 3. The van der Waals surface area contributed by atoms with Gasteiger partial charge < -0.3 is 16.6 Å². The van der Waals surface area contributed by atoms with Crippen molar-refractivity contribution in [1.82, 2.24) is 0 Å². The molecule has 0 fully saturated rings. The monoisotopic (exact) mass is 234 g/mol. The van der Waals surface area contributed by atoms with E-state index >= 15 is 0 Å². The predicted molar refractivity (Wildman–Crippen MR) is 54.9 cm³/mol. The Morgan fingerprint density at radius 3 is 2.38 bits per heavy atom. The normalized spacial score (nSPS) is 11.8. The van der Waals surface area contributed by atoms with Crippen molar-refractivity contribution in [3.05, 3.63) is 23.3 Å². The highest BCUT2D eigenvalue weighted by Crippen LogP contribution is 2.37. The minimum atomic E-state index is -4.49. The first kappa shape index (κ1) is 12.6. The van der Waals surface area contributed by atoms with Crippen LogP contribution in [0.5, 0.6) is 5.75 Å². The molecule has 1 rings (SSSR count). The van der Waals surface area contributed by atoms with Gasteiger partial charge in [-0.25, -0.2) is 0 Å². The van der Waals surface area contributed by atoms with Crippen LogP contribution in [0.3, 0.4) is 0 Å². The van der Waals surface area contributed by atoms with Crippen molar-refractivity contribution >= 4 is 5.69 Å². The number of hydrogen-bond donors (Lipinski definition) is 3. The van der Waals surface area contributed by atoms with Crippen molar-refractivity contribution in [2.75, 3.05) is 12.3 Å². The van der Waals surface area contributed by atoms with E-state index in [-0.39, 0.29) is 17.7 Å². The van der Waals surface area contributed by atoms with Crippen LogP contribution in [0.4, 0.5) is 18.9 Å². The van der Waals surface area contributed by atoms with E-state index in [1.165, 1.54) is 0 Å². The second-order valence-corrected chi connectivity index (χ2v) is 3.46. The molecule has 0 saturated heterocycles. The average molecular weight is 234 g/mol. The van der Waals surface area contributed by atoms with Gasteiger partial charge in [0.05, 0.1) is 11.3 Å². The fraction of sp³-hybridized carbons (Fsp3) is 0.400. The van der Waals surface area contributed by atoms with Gasteiger partial charge in [-0.3, -0.25) is 0 Å². The van der Waals surface area contributed by atoms with Crippen LogP contribution in [0.2, 0.25) is 0 Å². The van der Waals surface area contributed by atoms with E-state index in [1.807, 2.05) is 0 Å². The van der Waals surface area contributed by atoms with Gasteiger partial charge in [0.15, 0.2) is 0 Å². The number of halogens is 3. The molecular formula is C10H13F3N2O. The van der Waals surface area contributed by atoms with E-state index in [9.17, 15) is 13.2 Å². The molecule has 0 aliphatic rings. The maximum absolute atomic E-state index is 12.6. The molecule has 0 bridgehead atoms. The van der Waals surface area contributed by atoms with E-state index in [4.69, 9.17) is 16.6 Å². The van der Waals surface area contributed by atoms with Crippen LogP contribution >= 0.6 is 0 Å². The molecule has 1 aromatic rings. The summed E-state index contributed by atoms with van der Waals surface area (Å²) in [5.41, 5.74) is 9.75. The second kappa shape index (κ2) is 4.61. The smallest absolute Gasteiger partial charge is 0.416 e. The van der Waals surface area contributed by atoms with Gasteiger partial charge in [0.1, 0.15) is 5.75 Å². The summed E-state index contributed by atoms with van der Waals surface area (Å²) >= 11 is 0. The molecule has 16 heavy (non-hydrogen) atoms. The number of benzene rings is 1. The van der Waals surface area contributed by atoms with Crippen LogP contribution in [0.15, 0.2) is 12.1 Å². The van der Waals surface area contributed by atoms with Gasteiger partial charge >= 0.3 is 6.18 Å². The van der Waals surface area contributed by atoms with E-state index < -0.39 is 17.5 Å². The molecule has 0 unspecified atom stereocenters. The van der Waals surface area contributed by atoms with E-state index in [1.54, 1.807) is 0 Å². The van der Waals surface area contributed by atoms with Crippen LogP contribution in [-0.4, -0.2) is 11.7 Å². The molecule has 0 atom stereocenters. The first-order valence-electron chi connectivity index (χ1n) is 4.75. The van der Waals surface area contributed by atoms with E-state index in [2.05, 4.69) is 0 Å². The van der Waals surface area contributed by atoms with Gasteiger partial charge in [-0.05, 0) is 37.1 Å². The summed E-state index contributed by atoms with van der Waals surface area (Å²) in [4.78, 5) is 0. The third-order valence-electron chi connectivity index (χ3n) is 2.21. The highest BCUT2D eigenvalue weighted by Gasteiger charge is 2.33. The fourth-order valence-corrected chi connectivity index (χ4v) is 1.42. The van der Waals surface area contributed by atoms with Gasteiger partial charge in [0.2, 0.25) is 0 Å². The minimum Gasteiger partial charge on any atom is -0.506 e. The third-order valence-corrected chi connectivity index (χ3v) is 2.21. The van der Waals surface area contributed by atoms with Gasteiger partial charge in [0, 0.05) is 0 Å². The lowest BCUT2D eigenvalue weighted by atomic mass is 10.0. The molecule has 3 nitrogen and oxygen atoms in total. The Morgan fingerprint density at radius 2 is 1.88 bits per heavy atom. The standard InChI is InChI=1S/C10H13F3N2O/c11-10(12,13)7-5-9(16)8(15)4-6(7)2-1-3-14/h4-5,16H,1-3,14-15H2. The van der Waals surface area contributed by atoms with Crippen molar-refractivity contribution in [2.45, 2.75) is 19.0 Å². The van der Waals surface area contributed by atoms with Crippen LogP contribution in [0, 0.1) is 0 Å². The average Bonchev–Trinajstić information content (AvgIpc) is 2.17. The molecule has 0 aromatic heterocycles. The Hall–Kier alpha value is -1.43. The number of nitrogens with two attached hydrogens (primary N) is 2. The molecule has 90 valence electrons. The minimum absolute atomic E-state index is 0.0555. The Kier molecular flexibility index (Phi) is 3.64. The maximum Gasteiger partial charge on any atom is 0.416 e. The molecule has 6 heteroatoms. The van der Waals surface area contributed by atoms with Crippen molar-refractivity contribution in [3.63, 3.8) is 0 Å². The van der Waals surface area contributed by atoms with Crippen LogP contribution < -0.4 is 11.5 Å². The summed E-state index contributed by atoms with van der Waals surface area (Å²) in [5, 5.41) is 9.16. The first-order chi connectivity index (χ1) is 7.36. The number of phenolic OH excluding ortho intramolecular Hbond substituents is 1. The molecule has 1 aromatic carbocycles. The zero-order chi connectivity index (χ0) is 12.3. The lowest BCUT2D eigenvalue weighted by Gasteiger charge is -2.14. The number of phenols is 1. The summed E-state index contributed by atoms with van der Waals surface area (Å²) < 4.78 is 37.8. The molecular weight excluding hydrogens is 221 g/mol. The number of alkyl halides is 3. The Balaban J connectivity index is 3.17. The molecule has 0 heterocycles. The lowest BCUT2D eigenvalue weighted by molar-refractivity contribution is -0.138. The Labute approximate surface area is 90.9 Å². The SMILES string of the molecule is NCCCc1cc(N)c(O)cc1C(F)(F)F. The van der Waals surface area contributed by atoms with Crippen LogP contribution in [-0.2, 0) is 12.6 Å². The van der Waals surface area contributed by atoms with Crippen LogP contribution in [0.25, 0.3) is 0 Å². The lowest BCUT2D eigenvalue weighted by Crippen LogP contribution is -2.11. The van der Waals surface area contributed by atoms with E-state index in [0.717, 1.165) is 6.07 Å². The second-order valence-electron chi connectivity index (χ2n) is 3.46. The van der Waals surface area contributed by atoms with Crippen molar-refractivity contribution in [3.8, 4) is 5.75 Å². The molecule has 0 aliphatic carbocycles. The van der Waals surface area contributed by atoms with Crippen molar-refractivity contribution in [1.29, 1.82) is 0 Å². The molecule has 0 aliphatic heterocycles. The molecule has 0 saturated carbocycles. The van der Waals surface area contributed by atoms with Crippen molar-refractivity contribution in [2.24, 2.45) is 5.73 Å². The molecule has 0 amide bonds. The summed E-state index contributed by atoms with van der Waals surface area (Å²) in [6.07, 6.45) is -3.86. The van der Waals surface area contributed by atoms with E-state index in [0.29, 0.717) is 19.0 Å². The van der Waals surface area contributed by atoms with Gasteiger partial charge in [0.25, 0.3) is 0 Å². The first-order valence-corrected chi connectivity index (χ1v) is 4.75. The zero-order valence-corrected chi connectivity index (χ0v) is 8.51. The largest absolute Gasteiger partial charge is 0.506 e. The number of aromatic hydroxyl groups is 1. The molecule has 0 spiro atoms. The van der Waals surface area contributed by atoms with Gasteiger partial charge in [-0.2, -0.15) is 13.2 Å². The number of nitrogen functional groups attached to an aromatic ring is 1. The van der Waals surface area contributed by atoms with Crippen LogP contribution in [0.1, 0.15) is 17.5 Å². The third kappa shape index (κ3) is 2.79. The molecule has 0 radical (unpaired) electrons. The summed E-state index contributed by atoms with van der Waals surface area (Å²) in [6.45, 7) is 0.304. The quantitative estimate of drug-likeness (QED) is 0.552. The Bertz CT molecular complexity index is 377. The summed E-state index contributed by atoms with van der Waals surface area (Å²) in [7, 11) is 0. The van der Waals surface area contributed by atoms with Crippen molar-refractivity contribution < 1.29 is 18.3 Å².